The Hall–Kier alpha value is -4.19. The van der Waals surface area contributed by atoms with Gasteiger partial charge in [0.05, 0.1) is 0 Å². The third-order valence-electron chi connectivity index (χ3n) is 14.7. The minimum absolute atomic E-state index is 0.102. The molecule has 0 heterocycles. The maximum Gasteiger partial charge on any atom is 0.306 e. The fraction of sp³-hybridized carbons (Fsp3) is 0.697. The van der Waals surface area contributed by atoms with Crippen molar-refractivity contribution in [3.05, 3.63) is 122 Å². The van der Waals surface area contributed by atoms with Crippen LogP contribution in [0.15, 0.2) is 122 Å². The molecule has 468 valence electrons. The van der Waals surface area contributed by atoms with Crippen LogP contribution in [0.3, 0.4) is 0 Å². The second-order valence-corrected chi connectivity index (χ2v) is 22.7. The summed E-state index contributed by atoms with van der Waals surface area (Å²) in [5, 5.41) is 0. The van der Waals surface area contributed by atoms with Crippen LogP contribution in [0, 0.1) is 0 Å². The highest BCUT2D eigenvalue weighted by Crippen LogP contribution is 2.17. The van der Waals surface area contributed by atoms with Gasteiger partial charge in [-0.25, -0.2) is 0 Å². The highest BCUT2D eigenvalue weighted by atomic mass is 16.6. The van der Waals surface area contributed by atoms with Crippen LogP contribution in [0.25, 0.3) is 0 Å². The maximum atomic E-state index is 12.9. The summed E-state index contributed by atoms with van der Waals surface area (Å²) in [6.07, 6.45) is 96.6. The van der Waals surface area contributed by atoms with Crippen LogP contribution in [0.2, 0.25) is 0 Å². The van der Waals surface area contributed by atoms with Crippen LogP contribution in [0.4, 0.5) is 0 Å². The van der Waals surface area contributed by atoms with Gasteiger partial charge in [-0.1, -0.05) is 316 Å². The van der Waals surface area contributed by atoms with Crippen LogP contribution in [0.1, 0.15) is 323 Å². The van der Waals surface area contributed by atoms with Crippen molar-refractivity contribution in [2.45, 2.75) is 329 Å². The minimum atomic E-state index is -0.813. The molecule has 0 spiro atoms. The Morgan fingerprint density at radius 2 is 0.476 bits per heavy atom. The number of carbonyl (C=O) groups is 3. The van der Waals surface area contributed by atoms with Gasteiger partial charge in [0.25, 0.3) is 0 Å². The standard InChI is InChI=1S/C76H128O6/c1-4-7-10-13-16-19-22-25-28-30-32-34-36-37-38-40-41-43-45-48-51-54-57-60-63-66-69-75(78)81-72-73(71-80-74(77)68-65-62-59-56-53-50-47-27-24-21-18-15-12-9-6-3)82-76(79)70-67-64-61-58-55-52-49-46-44-42-39-35-33-31-29-26-23-20-17-14-11-8-5-2/h8-9,11-12,17-18,20-21,26-27,29,33,35,42,44,47,49,52-53,56,73H,4-7,10,13-16,19,22-25,28,30-32,34,36-41,43,45-46,48,50-51,54-55,57-72H2,1-3H3/b11-8-,12-9-,20-17-,21-18-,29-26-,35-33-,44-42-,47-27-,52-49-,56-53-. The number of esters is 3. The van der Waals surface area contributed by atoms with E-state index in [0.717, 1.165) is 135 Å². The molecule has 0 N–H and O–H groups in total. The molecular formula is C76H128O6. The lowest BCUT2D eigenvalue weighted by Crippen LogP contribution is -2.30. The van der Waals surface area contributed by atoms with Crippen molar-refractivity contribution in [1.29, 1.82) is 0 Å². The zero-order valence-corrected chi connectivity index (χ0v) is 53.7. The predicted molar refractivity (Wildman–Crippen MR) is 357 cm³/mol. The van der Waals surface area contributed by atoms with Crippen LogP contribution in [-0.2, 0) is 28.6 Å². The van der Waals surface area contributed by atoms with Crippen molar-refractivity contribution in [3.8, 4) is 0 Å². The van der Waals surface area contributed by atoms with Gasteiger partial charge >= 0.3 is 17.9 Å². The van der Waals surface area contributed by atoms with Crippen molar-refractivity contribution in [1.82, 2.24) is 0 Å². The smallest absolute Gasteiger partial charge is 0.306 e. The number of carbonyl (C=O) groups excluding carboxylic acids is 3. The van der Waals surface area contributed by atoms with Gasteiger partial charge in [0.15, 0.2) is 6.10 Å². The fourth-order valence-electron chi connectivity index (χ4n) is 9.62. The summed E-state index contributed by atoms with van der Waals surface area (Å²) in [5.41, 5.74) is 0. The minimum Gasteiger partial charge on any atom is -0.462 e. The zero-order valence-electron chi connectivity index (χ0n) is 53.7. The summed E-state index contributed by atoms with van der Waals surface area (Å²) in [4.78, 5) is 38.4. The van der Waals surface area contributed by atoms with Crippen LogP contribution >= 0.6 is 0 Å². The molecule has 0 fully saturated rings. The molecule has 6 nitrogen and oxygen atoms in total. The van der Waals surface area contributed by atoms with Crippen LogP contribution < -0.4 is 0 Å². The molecule has 0 radical (unpaired) electrons. The number of hydrogen-bond donors (Lipinski definition) is 0. The van der Waals surface area contributed by atoms with Crippen molar-refractivity contribution in [2.24, 2.45) is 0 Å². The Balaban J connectivity index is 4.39. The average molecular weight is 1140 g/mol. The van der Waals surface area contributed by atoms with Gasteiger partial charge < -0.3 is 14.2 Å². The molecular weight excluding hydrogens is 1010 g/mol. The highest BCUT2D eigenvalue weighted by Gasteiger charge is 2.19. The van der Waals surface area contributed by atoms with E-state index in [9.17, 15) is 14.4 Å². The third-order valence-corrected chi connectivity index (χ3v) is 14.7. The summed E-state index contributed by atoms with van der Waals surface area (Å²) in [5.74, 6) is -0.961. The molecule has 0 bridgehead atoms. The molecule has 0 saturated heterocycles. The van der Waals surface area contributed by atoms with E-state index in [1.807, 2.05) is 0 Å². The van der Waals surface area contributed by atoms with E-state index in [1.54, 1.807) is 0 Å². The van der Waals surface area contributed by atoms with E-state index in [-0.39, 0.29) is 37.5 Å². The SMILES string of the molecule is CC/C=C\C/C=C\C/C=C\C/C=C\C/C=C\C/C=C\CCCCCCC(=O)OC(COC(=O)CCCC/C=C\C/C=C\C/C=C\C/C=C\CC)COC(=O)CCCCCCCCCCCCCCCCCCCCCCCCCCCC. The van der Waals surface area contributed by atoms with E-state index in [0.29, 0.717) is 12.8 Å². The van der Waals surface area contributed by atoms with Crippen molar-refractivity contribution >= 4 is 17.9 Å². The zero-order chi connectivity index (χ0) is 59.2. The molecule has 1 unspecified atom stereocenters. The van der Waals surface area contributed by atoms with Crippen molar-refractivity contribution in [3.63, 3.8) is 0 Å². The number of rotatable bonds is 62. The summed E-state index contributed by atoms with van der Waals surface area (Å²) in [6, 6.07) is 0. The molecule has 0 aliphatic rings. The summed E-state index contributed by atoms with van der Waals surface area (Å²) in [7, 11) is 0. The topological polar surface area (TPSA) is 78.9 Å². The molecule has 0 rings (SSSR count). The Kier molecular flexibility index (Phi) is 65.8. The first-order valence-electron chi connectivity index (χ1n) is 34.5. The molecule has 0 aromatic rings. The highest BCUT2D eigenvalue weighted by molar-refractivity contribution is 5.71. The maximum absolute atomic E-state index is 12.9. The molecule has 0 aliphatic carbocycles. The van der Waals surface area contributed by atoms with Gasteiger partial charge in [-0.3, -0.25) is 14.4 Å². The molecule has 1 atom stereocenters. The molecule has 0 aliphatic heterocycles. The first kappa shape index (κ1) is 77.8. The monoisotopic (exact) mass is 1140 g/mol. The van der Waals surface area contributed by atoms with Gasteiger partial charge in [0, 0.05) is 19.3 Å². The fourth-order valence-corrected chi connectivity index (χ4v) is 9.62. The predicted octanol–water partition coefficient (Wildman–Crippen LogP) is 23.9. The van der Waals surface area contributed by atoms with E-state index in [2.05, 4.69) is 142 Å². The van der Waals surface area contributed by atoms with Crippen LogP contribution in [0.5, 0.6) is 0 Å². The normalized spacial score (nSPS) is 12.9. The summed E-state index contributed by atoms with van der Waals surface area (Å²) in [6.45, 7) is 6.39. The third kappa shape index (κ3) is 66.6. The molecule has 6 heteroatoms. The Morgan fingerprint density at radius 1 is 0.256 bits per heavy atom. The summed E-state index contributed by atoms with van der Waals surface area (Å²) < 4.78 is 16.9. The average Bonchev–Trinajstić information content (AvgIpc) is 3.47. The summed E-state index contributed by atoms with van der Waals surface area (Å²) >= 11 is 0. The second kappa shape index (κ2) is 69.3. The molecule has 0 amide bonds. The van der Waals surface area contributed by atoms with E-state index >= 15 is 0 Å². The van der Waals surface area contributed by atoms with Gasteiger partial charge in [-0.15, -0.1) is 0 Å². The Morgan fingerprint density at radius 3 is 0.768 bits per heavy atom. The van der Waals surface area contributed by atoms with Gasteiger partial charge in [0.2, 0.25) is 0 Å². The molecule has 0 aromatic carbocycles. The number of ether oxygens (including phenoxy) is 3. The van der Waals surface area contributed by atoms with Crippen molar-refractivity contribution < 1.29 is 28.6 Å². The van der Waals surface area contributed by atoms with Gasteiger partial charge in [-0.05, 0) is 109 Å². The number of unbranched alkanes of at least 4 members (excludes halogenated alkanes) is 31. The second-order valence-electron chi connectivity index (χ2n) is 22.7. The van der Waals surface area contributed by atoms with E-state index in [4.69, 9.17) is 14.2 Å². The number of hydrogen-bond acceptors (Lipinski definition) is 6. The van der Waals surface area contributed by atoms with Gasteiger partial charge in [0.1, 0.15) is 13.2 Å². The first-order valence-corrected chi connectivity index (χ1v) is 34.5. The number of allylic oxidation sites excluding steroid dienone is 20. The van der Waals surface area contributed by atoms with Gasteiger partial charge in [-0.2, -0.15) is 0 Å². The lowest BCUT2D eigenvalue weighted by molar-refractivity contribution is -0.167. The van der Waals surface area contributed by atoms with E-state index < -0.39 is 6.10 Å². The lowest BCUT2D eigenvalue weighted by Gasteiger charge is -2.18. The molecule has 0 aromatic heterocycles. The molecule has 82 heavy (non-hydrogen) atoms. The Bertz CT molecular complexity index is 1690. The quantitative estimate of drug-likeness (QED) is 0.0261. The first-order chi connectivity index (χ1) is 40.5. The Labute approximate surface area is 507 Å². The van der Waals surface area contributed by atoms with Crippen LogP contribution in [-0.4, -0.2) is 37.2 Å². The lowest BCUT2D eigenvalue weighted by atomic mass is 10.0. The largest absolute Gasteiger partial charge is 0.462 e. The van der Waals surface area contributed by atoms with Crippen molar-refractivity contribution in [2.75, 3.05) is 13.2 Å². The molecule has 0 saturated carbocycles. The van der Waals surface area contributed by atoms with E-state index in [1.165, 1.54) is 148 Å².